The molecule has 5 heteroatoms. The Bertz CT molecular complexity index is 395. The smallest absolute Gasteiger partial charge is 0.156 e. The molecule has 17 heavy (non-hydrogen) atoms. The summed E-state index contributed by atoms with van der Waals surface area (Å²) in [5.41, 5.74) is 6.38. The third-order valence-electron chi connectivity index (χ3n) is 2.68. The quantitative estimate of drug-likeness (QED) is 0.318. The predicted molar refractivity (Wildman–Crippen MR) is 65.4 cm³/mol. The van der Waals surface area contributed by atoms with Gasteiger partial charge in [0, 0.05) is 6.04 Å². The second-order valence-corrected chi connectivity index (χ2v) is 3.93. The van der Waals surface area contributed by atoms with Crippen molar-refractivity contribution in [1.29, 1.82) is 0 Å². The summed E-state index contributed by atoms with van der Waals surface area (Å²) in [7, 11) is 0. The van der Waals surface area contributed by atoms with Gasteiger partial charge in [-0.2, -0.15) is 0 Å². The first-order chi connectivity index (χ1) is 8.08. The monoisotopic (exact) mass is 239 g/mol. The lowest BCUT2D eigenvalue weighted by Crippen LogP contribution is -2.42. The molecule has 2 atom stereocenters. The Morgan fingerprint density at radius 3 is 2.82 bits per heavy atom. The minimum Gasteiger partial charge on any atom is -0.409 e. The van der Waals surface area contributed by atoms with E-state index in [1.165, 1.54) is 12.1 Å². The highest BCUT2D eigenvalue weighted by molar-refractivity contribution is 5.85. The molecule has 0 aliphatic carbocycles. The van der Waals surface area contributed by atoms with Gasteiger partial charge in [0.25, 0.3) is 0 Å². The summed E-state index contributed by atoms with van der Waals surface area (Å²) < 4.78 is 13.1. The summed E-state index contributed by atoms with van der Waals surface area (Å²) in [4.78, 5) is 0. The van der Waals surface area contributed by atoms with E-state index in [-0.39, 0.29) is 23.7 Å². The van der Waals surface area contributed by atoms with E-state index in [4.69, 9.17) is 10.9 Å². The molecule has 1 aromatic rings. The van der Waals surface area contributed by atoms with Crippen molar-refractivity contribution in [2.24, 2.45) is 10.9 Å². The zero-order valence-electron chi connectivity index (χ0n) is 10.0. The van der Waals surface area contributed by atoms with Crippen molar-refractivity contribution in [3.8, 4) is 0 Å². The van der Waals surface area contributed by atoms with Crippen LogP contribution in [0.4, 0.5) is 4.39 Å². The summed E-state index contributed by atoms with van der Waals surface area (Å²) in [6.07, 6.45) is 0.690. The number of benzene rings is 1. The number of hydrogen-bond donors (Lipinski definition) is 3. The number of oxime groups is 1. The molecule has 0 radical (unpaired) electrons. The Labute approximate surface area is 100 Å². The number of amidine groups is 1. The minimum atomic E-state index is -0.270. The van der Waals surface area contributed by atoms with Gasteiger partial charge in [-0.3, -0.25) is 0 Å². The lowest BCUT2D eigenvalue weighted by molar-refractivity contribution is 0.313. The molecule has 0 aromatic heterocycles. The number of nitrogens with zero attached hydrogens (tertiary/aromatic N) is 1. The highest BCUT2D eigenvalue weighted by Crippen LogP contribution is 2.14. The van der Waals surface area contributed by atoms with Crippen molar-refractivity contribution in [2.75, 3.05) is 0 Å². The highest BCUT2D eigenvalue weighted by Gasteiger charge is 2.15. The molecule has 0 spiro atoms. The van der Waals surface area contributed by atoms with Gasteiger partial charge in [-0.05, 0) is 31.0 Å². The minimum absolute atomic E-state index is 0.0732. The molecule has 0 saturated carbocycles. The van der Waals surface area contributed by atoms with Gasteiger partial charge in [0.1, 0.15) is 5.82 Å². The largest absolute Gasteiger partial charge is 0.409 e. The highest BCUT2D eigenvalue weighted by atomic mass is 19.1. The summed E-state index contributed by atoms with van der Waals surface area (Å²) in [5, 5.41) is 14.8. The van der Waals surface area contributed by atoms with Crippen LogP contribution in [0.15, 0.2) is 29.4 Å². The lowest BCUT2D eigenvalue weighted by Gasteiger charge is -2.21. The van der Waals surface area contributed by atoms with E-state index in [0.29, 0.717) is 6.42 Å². The fourth-order valence-electron chi connectivity index (χ4n) is 1.66. The first-order valence-corrected chi connectivity index (χ1v) is 5.57. The summed E-state index contributed by atoms with van der Waals surface area (Å²) in [5.74, 6) is -0.135. The molecule has 0 bridgehead atoms. The molecule has 1 rings (SSSR count). The van der Waals surface area contributed by atoms with Crippen molar-refractivity contribution in [3.05, 3.63) is 35.6 Å². The second-order valence-electron chi connectivity index (χ2n) is 3.93. The first-order valence-electron chi connectivity index (χ1n) is 5.57. The Kier molecular flexibility index (Phi) is 4.90. The predicted octanol–water partition coefficient (Wildman–Crippen LogP) is 2.00. The van der Waals surface area contributed by atoms with E-state index in [9.17, 15) is 4.39 Å². The van der Waals surface area contributed by atoms with Gasteiger partial charge in [0.2, 0.25) is 0 Å². The zero-order chi connectivity index (χ0) is 12.8. The molecule has 0 fully saturated rings. The van der Waals surface area contributed by atoms with Crippen LogP contribution in [0.25, 0.3) is 0 Å². The van der Waals surface area contributed by atoms with E-state index in [1.807, 2.05) is 19.9 Å². The Balaban J connectivity index is 2.74. The van der Waals surface area contributed by atoms with Gasteiger partial charge in [0.15, 0.2) is 5.84 Å². The number of hydrogen-bond acceptors (Lipinski definition) is 3. The Morgan fingerprint density at radius 1 is 1.59 bits per heavy atom. The second kappa shape index (κ2) is 6.20. The number of nitrogens with two attached hydrogens (primary N) is 1. The standard InChI is InChI=1S/C12H18FN3O/c1-3-11(12(14)16-17)15-8(2)9-5-4-6-10(13)7-9/h4-8,11,15,17H,3H2,1-2H3,(H2,14,16)/t8-,11?/m0/s1. The summed E-state index contributed by atoms with van der Waals surface area (Å²) >= 11 is 0. The molecule has 0 heterocycles. The maximum Gasteiger partial charge on any atom is 0.156 e. The average Bonchev–Trinajstić information content (AvgIpc) is 2.34. The van der Waals surface area contributed by atoms with Crippen molar-refractivity contribution in [3.63, 3.8) is 0 Å². The molecule has 94 valence electrons. The average molecular weight is 239 g/mol. The first kappa shape index (κ1) is 13.4. The maximum absolute atomic E-state index is 13.1. The van der Waals surface area contributed by atoms with Crippen LogP contribution in [-0.4, -0.2) is 17.1 Å². The van der Waals surface area contributed by atoms with Gasteiger partial charge < -0.3 is 16.3 Å². The van der Waals surface area contributed by atoms with Gasteiger partial charge in [-0.1, -0.05) is 24.2 Å². The number of halogens is 1. The summed E-state index contributed by atoms with van der Waals surface area (Å²) in [6, 6.07) is 6.06. The molecule has 0 aliphatic rings. The van der Waals surface area contributed by atoms with Crippen LogP contribution in [0.2, 0.25) is 0 Å². The molecular weight excluding hydrogens is 221 g/mol. The van der Waals surface area contributed by atoms with Crippen molar-refractivity contribution < 1.29 is 9.60 Å². The zero-order valence-corrected chi connectivity index (χ0v) is 10.0. The molecule has 4 nitrogen and oxygen atoms in total. The van der Waals surface area contributed by atoms with E-state index in [0.717, 1.165) is 5.56 Å². The van der Waals surface area contributed by atoms with Crippen LogP contribution in [0.3, 0.4) is 0 Å². The molecule has 4 N–H and O–H groups in total. The molecule has 0 saturated heterocycles. The van der Waals surface area contributed by atoms with Gasteiger partial charge in [-0.25, -0.2) is 4.39 Å². The van der Waals surface area contributed by atoms with Crippen molar-refractivity contribution in [1.82, 2.24) is 5.32 Å². The van der Waals surface area contributed by atoms with Crippen molar-refractivity contribution in [2.45, 2.75) is 32.4 Å². The lowest BCUT2D eigenvalue weighted by atomic mass is 10.1. The number of rotatable bonds is 5. The van der Waals surface area contributed by atoms with Crippen LogP contribution in [0.1, 0.15) is 31.9 Å². The maximum atomic E-state index is 13.1. The third kappa shape index (κ3) is 3.71. The molecular formula is C12H18FN3O. The van der Waals surface area contributed by atoms with Gasteiger partial charge in [-0.15, -0.1) is 0 Å². The third-order valence-corrected chi connectivity index (χ3v) is 2.68. The van der Waals surface area contributed by atoms with E-state index >= 15 is 0 Å². The van der Waals surface area contributed by atoms with E-state index in [2.05, 4.69) is 10.5 Å². The Hall–Kier alpha value is -1.62. The Morgan fingerprint density at radius 2 is 2.29 bits per heavy atom. The fraction of sp³-hybridized carbons (Fsp3) is 0.417. The van der Waals surface area contributed by atoms with E-state index in [1.54, 1.807) is 6.07 Å². The number of nitrogens with one attached hydrogen (secondary N) is 1. The van der Waals surface area contributed by atoms with Gasteiger partial charge >= 0.3 is 0 Å². The molecule has 1 aromatic carbocycles. The summed E-state index contributed by atoms with van der Waals surface area (Å²) in [6.45, 7) is 3.83. The van der Waals surface area contributed by atoms with Crippen LogP contribution >= 0.6 is 0 Å². The topological polar surface area (TPSA) is 70.6 Å². The van der Waals surface area contributed by atoms with Crippen LogP contribution in [0.5, 0.6) is 0 Å². The molecule has 0 aliphatic heterocycles. The normalized spacial score (nSPS) is 15.6. The van der Waals surface area contributed by atoms with E-state index < -0.39 is 0 Å². The fourth-order valence-corrected chi connectivity index (χ4v) is 1.66. The molecule has 0 amide bonds. The van der Waals surface area contributed by atoms with Crippen molar-refractivity contribution >= 4 is 5.84 Å². The molecule has 1 unspecified atom stereocenters. The van der Waals surface area contributed by atoms with Crippen LogP contribution in [-0.2, 0) is 0 Å². The SMILES string of the molecule is CCC(N[C@@H](C)c1cccc(F)c1)/C(N)=N/O. The van der Waals surface area contributed by atoms with Crippen LogP contribution < -0.4 is 11.1 Å². The van der Waals surface area contributed by atoms with Crippen LogP contribution in [0, 0.1) is 5.82 Å². The van der Waals surface area contributed by atoms with Gasteiger partial charge in [0.05, 0.1) is 6.04 Å².